The van der Waals surface area contributed by atoms with E-state index in [2.05, 4.69) is 14.5 Å². The first-order valence-electron chi connectivity index (χ1n) is 2.93. The van der Waals surface area contributed by atoms with Gasteiger partial charge in [-0.05, 0) is 4.90 Å². The molecule has 1 heterocycles. The first-order valence-corrected chi connectivity index (χ1v) is 3.47. The smallest absolute Gasteiger partial charge is 0.389 e. The van der Waals surface area contributed by atoms with E-state index in [-0.39, 0.29) is 22.2 Å². The number of alkyl halides is 1. The first-order chi connectivity index (χ1) is 5.70. The van der Waals surface area contributed by atoms with Crippen molar-refractivity contribution in [3.05, 3.63) is 16.6 Å². The van der Waals surface area contributed by atoms with Crippen LogP contribution in [0, 0.1) is 5.21 Å². The lowest BCUT2D eigenvalue weighted by molar-refractivity contribution is -0.807. The second-order valence-electron chi connectivity index (χ2n) is 1.85. The highest BCUT2D eigenvalue weighted by atomic mass is 35.5. The van der Waals surface area contributed by atoms with Gasteiger partial charge < -0.3 is 9.94 Å². The average molecular weight is 193 g/mol. The predicted octanol–water partition coefficient (Wildman–Crippen LogP) is -0.167. The summed E-state index contributed by atoms with van der Waals surface area (Å²) in [7, 11) is 1.17. The van der Waals surface area contributed by atoms with E-state index in [0.717, 1.165) is 0 Å². The van der Waals surface area contributed by atoms with Gasteiger partial charge in [0.1, 0.15) is 0 Å². The van der Waals surface area contributed by atoms with Gasteiger partial charge in [0.15, 0.2) is 0 Å². The largest absolute Gasteiger partial charge is 0.462 e. The summed E-state index contributed by atoms with van der Waals surface area (Å²) >= 11 is 5.35. The molecule has 0 bridgehead atoms. The molecule has 0 aromatic carbocycles. The zero-order valence-electron chi connectivity index (χ0n) is 6.11. The van der Waals surface area contributed by atoms with Gasteiger partial charge >= 0.3 is 11.7 Å². The molecule has 0 aliphatic carbocycles. The van der Waals surface area contributed by atoms with Crippen LogP contribution in [-0.4, -0.2) is 18.2 Å². The molecule has 0 amide bonds. The van der Waals surface area contributed by atoms with Crippen LogP contribution in [0.3, 0.4) is 0 Å². The van der Waals surface area contributed by atoms with Gasteiger partial charge in [-0.3, -0.25) is 4.63 Å². The zero-order valence-corrected chi connectivity index (χ0v) is 6.87. The third kappa shape index (κ3) is 1.33. The fourth-order valence-electron chi connectivity index (χ4n) is 0.630. The highest BCUT2D eigenvalue weighted by Crippen LogP contribution is 2.04. The normalized spacial score (nSPS) is 9.83. The fraction of sp³-hybridized carbons (Fsp3) is 0.400. The van der Waals surface area contributed by atoms with Gasteiger partial charge in [0, 0.05) is 0 Å². The number of hydrogen-bond acceptors (Lipinski definition) is 5. The van der Waals surface area contributed by atoms with Gasteiger partial charge in [0.25, 0.3) is 0 Å². The number of nitrogens with zero attached hydrogens (tertiary/aromatic N) is 2. The van der Waals surface area contributed by atoms with Gasteiger partial charge in [-0.2, -0.15) is 0 Å². The van der Waals surface area contributed by atoms with Gasteiger partial charge in [-0.15, -0.1) is 11.6 Å². The highest BCUT2D eigenvalue weighted by Gasteiger charge is 2.25. The standard InChI is InChI=1S/C5H5ClN2O4/c1-11-5(9)4-3(2-6)8(10)12-7-4/h2H2,1H3. The minimum absolute atomic E-state index is 0.0523. The van der Waals surface area contributed by atoms with Crippen LogP contribution >= 0.6 is 11.6 Å². The van der Waals surface area contributed by atoms with Crippen LogP contribution in [0.25, 0.3) is 0 Å². The van der Waals surface area contributed by atoms with Crippen molar-refractivity contribution < 1.29 is 19.1 Å². The number of hydrogen-bond donors (Lipinski definition) is 0. The lowest BCUT2D eigenvalue weighted by Crippen LogP contribution is -2.28. The monoisotopic (exact) mass is 192 g/mol. The number of aromatic nitrogens is 2. The Morgan fingerprint density at radius 3 is 3.08 bits per heavy atom. The van der Waals surface area contributed by atoms with Gasteiger partial charge in [0.2, 0.25) is 5.69 Å². The molecule has 0 atom stereocenters. The molecule has 1 rings (SSSR count). The number of rotatable bonds is 2. The van der Waals surface area contributed by atoms with E-state index in [4.69, 9.17) is 11.6 Å². The minimum atomic E-state index is -0.746. The van der Waals surface area contributed by atoms with Crippen molar-refractivity contribution >= 4 is 17.6 Å². The Morgan fingerprint density at radius 1 is 1.92 bits per heavy atom. The quantitative estimate of drug-likeness (QED) is 0.369. The van der Waals surface area contributed by atoms with Crippen molar-refractivity contribution in [2.24, 2.45) is 0 Å². The van der Waals surface area contributed by atoms with Crippen molar-refractivity contribution in [3.8, 4) is 0 Å². The molecule has 66 valence electrons. The maximum atomic E-state index is 10.9. The van der Waals surface area contributed by atoms with Crippen molar-refractivity contribution in [1.29, 1.82) is 0 Å². The maximum Gasteiger partial charge on any atom is 0.389 e. The highest BCUT2D eigenvalue weighted by molar-refractivity contribution is 6.17. The second-order valence-corrected chi connectivity index (χ2v) is 2.12. The topological polar surface area (TPSA) is 79.3 Å². The van der Waals surface area contributed by atoms with Crippen LogP contribution in [0.4, 0.5) is 0 Å². The molecule has 0 aliphatic rings. The maximum absolute atomic E-state index is 10.9. The van der Waals surface area contributed by atoms with Crippen LogP contribution in [0.2, 0.25) is 0 Å². The van der Waals surface area contributed by atoms with E-state index >= 15 is 0 Å². The number of halogens is 1. The molecule has 0 saturated heterocycles. The molecule has 0 N–H and O–H groups in total. The van der Waals surface area contributed by atoms with Crippen LogP contribution in [0.5, 0.6) is 0 Å². The number of carbonyl (C=O) groups excluding carboxylic acids is 1. The van der Waals surface area contributed by atoms with Crippen LogP contribution < -0.4 is 4.90 Å². The Hall–Kier alpha value is -1.30. The Morgan fingerprint density at radius 2 is 2.58 bits per heavy atom. The molecule has 1 aromatic rings. The molecule has 0 aliphatic heterocycles. The molecular formula is C5H5ClN2O4. The van der Waals surface area contributed by atoms with Crippen molar-refractivity contribution in [1.82, 2.24) is 5.16 Å². The lowest BCUT2D eigenvalue weighted by atomic mass is 10.3. The van der Waals surface area contributed by atoms with E-state index in [1.165, 1.54) is 7.11 Å². The predicted molar refractivity (Wildman–Crippen MR) is 36.4 cm³/mol. The molecule has 1 aromatic heterocycles. The molecular weight excluding hydrogens is 188 g/mol. The summed E-state index contributed by atoms with van der Waals surface area (Å²) in [6.45, 7) is 0. The van der Waals surface area contributed by atoms with Crippen molar-refractivity contribution in [2.75, 3.05) is 7.11 Å². The Kier molecular flexibility index (Phi) is 2.49. The molecule has 0 fully saturated rings. The molecule has 7 heteroatoms. The van der Waals surface area contributed by atoms with Crippen LogP contribution in [-0.2, 0) is 10.6 Å². The fourth-order valence-corrected chi connectivity index (χ4v) is 0.854. The summed E-state index contributed by atoms with van der Waals surface area (Å²) in [4.78, 5) is 10.9. The van der Waals surface area contributed by atoms with E-state index in [0.29, 0.717) is 0 Å². The van der Waals surface area contributed by atoms with E-state index in [1.807, 2.05) is 0 Å². The van der Waals surface area contributed by atoms with Crippen molar-refractivity contribution in [2.45, 2.75) is 5.88 Å². The summed E-state index contributed by atoms with van der Waals surface area (Å²) in [5.74, 6) is -0.902. The van der Waals surface area contributed by atoms with Crippen LogP contribution in [0.15, 0.2) is 4.63 Å². The molecule has 0 radical (unpaired) electrons. The van der Waals surface area contributed by atoms with Gasteiger partial charge in [0.05, 0.1) is 18.1 Å². The van der Waals surface area contributed by atoms with E-state index < -0.39 is 5.97 Å². The summed E-state index contributed by atoms with van der Waals surface area (Å²) in [5.41, 5.74) is -0.244. The summed E-state index contributed by atoms with van der Waals surface area (Å²) in [5, 5.41) is 13.9. The first kappa shape index (κ1) is 8.79. The third-order valence-electron chi connectivity index (χ3n) is 1.21. The Balaban J connectivity index is 3.07. The molecule has 6 nitrogen and oxygen atoms in total. The zero-order chi connectivity index (χ0) is 9.14. The minimum Gasteiger partial charge on any atom is -0.462 e. The second kappa shape index (κ2) is 3.40. The summed E-state index contributed by atoms with van der Waals surface area (Å²) in [6.07, 6.45) is 0. The average Bonchev–Trinajstić information content (AvgIpc) is 2.45. The molecule has 0 saturated carbocycles. The molecule has 0 spiro atoms. The Bertz CT molecular complexity index is 298. The number of ether oxygens (including phenoxy) is 1. The molecule has 12 heavy (non-hydrogen) atoms. The summed E-state index contributed by atoms with van der Waals surface area (Å²) < 4.78 is 8.46. The van der Waals surface area contributed by atoms with E-state index in [1.54, 1.807) is 0 Å². The number of esters is 1. The number of methoxy groups -OCH3 is 1. The lowest BCUT2D eigenvalue weighted by Gasteiger charge is -1.90. The molecule has 0 unspecified atom stereocenters. The summed E-state index contributed by atoms with van der Waals surface area (Å²) in [6, 6.07) is 0. The SMILES string of the molecule is COC(=O)c1no[n+]([O-])c1CCl. The van der Waals surface area contributed by atoms with E-state index in [9.17, 15) is 10.0 Å². The van der Waals surface area contributed by atoms with Gasteiger partial charge in [-0.1, -0.05) is 0 Å². The Labute approximate surface area is 72.2 Å². The van der Waals surface area contributed by atoms with Crippen molar-refractivity contribution in [3.63, 3.8) is 0 Å². The number of carbonyl (C=O) groups is 1. The van der Waals surface area contributed by atoms with Crippen LogP contribution in [0.1, 0.15) is 16.2 Å². The third-order valence-corrected chi connectivity index (χ3v) is 1.46. The van der Waals surface area contributed by atoms with Gasteiger partial charge in [-0.25, -0.2) is 4.79 Å².